The summed E-state index contributed by atoms with van der Waals surface area (Å²) in [6.45, 7) is 6.68. The molecule has 2 unspecified atom stereocenters. The molecule has 41 heavy (non-hydrogen) atoms. The zero-order valence-corrected chi connectivity index (χ0v) is 25.6. The summed E-state index contributed by atoms with van der Waals surface area (Å²) in [7, 11) is -7.73. The summed E-state index contributed by atoms with van der Waals surface area (Å²) in [6.07, 6.45) is 0.984. The number of piperidine rings is 1. The van der Waals surface area contributed by atoms with E-state index in [0.29, 0.717) is 23.7 Å². The molecule has 1 fully saturated rings. The van der Waals surface area contributed by atoms with Gasteiger partial charge >= 0.3 is 5.91 Å². The number of nitrogens with zero attached hydrogens (tertiary/aromatic N) is 4. The van der Waals surface area contributed by atoms with E-state index in [4.69, 9.17) is 23.2 Å². The third-order valence-corrected chi connectivity index (χ3v) is 10.3. The van der Waals surface area contributed by atoms with Crippen molar-refractivity contribution in [1.82, 2.24) is 9.22 Å². The molecule has 0 spiro atoms. The maximum absolute atomic E-state index is 13.3. The minimum absolute atomic E-state index is 0.0555. The van der Waals surface area contributed by atoms with E-state index in [0.717, 1.165) is 6.42 Å². The van der Waals surface area contributed by atoms with Gasteiger partial charge in [-0.05, 0) is 91.4 Å². The van der Waals surface area contributed by atoms with Gasteiger partial charge in [-0.1, -0.05) is 37.0 Å². The lowest BCUT2D eigenvalue weighted by Crippen LogP contribution is -2.42. The van der Waals surface area contributed by atoms with E-state index in [1.807, 2.05) is 13.8 Å². The summed E-state index contributed by atoms with van der Waals surface area (Å²) in [5, 5.41) is 8.05. The standard InChI is InChI=1S/C27H27Cl2N5O5S2/c1-17-12-18(2)16-34(15-17)41(38,39)26-11-7-22(13-19(26)3)30-33-31-27(35)24-14-21(29)6-10-25(24)32-40(36,37)23-8-4-20(28)5-9-23/h4-11,13-14,17-18H,12,15-16H2,1-3H3/p+1. The summed E-state index contributed by atoms with van der Waals surface area (Å²) < 4.78 is 56.1. The SMILES string of the molecule is Cc1cc(N=[N+]=NC(=O)c2cc(Cl)ccc2NS(=O)(=O)c2ccc(Cl)cc2)ccc1S(=O)(=O)N1CC(C)CC(C)C1. The maximum atomic E-state index is 13.3. The topological polar surface area (TPSA) is 139 Å². The second kappa shape index (κ2) is 12.4. The molecule has 2 atom stereocenters. The van der Waals surface area contributed by atoms with Crippen LogP contribution >= 0.6 is 23.2 Å². The van der Waals surface area contributed by atoms with Crippen molar-refractivity contribution in [2.45, 2.75) is 37.0 Å². The number of aryl methyl sites for hydroxylation is 1. The Kier molecular flexibility index (Phi) is 9.32. The van der Waals surface area contributed by atoms with Gasteiger partial charge in [0.2, 0.25) is 20.0 Å². The van der Waals surface area contributed by atoms with E-state index in [1.54, 1.807) is 6.92 Å². The highest BCUT2D eigenvalue weighted by Gasteiger charge is 2.32. The molecule has 1 aliphatic rings. The zero-order valence-electron chi connectivity index (χ0n) is 22.5. The minimum atomic E-state index is -4.05. The van der Waals surface area contributed by atoms with Crippen LogP contribution in [-0.2, 0) is 20.0 Å². The van der Waals surface area contributed by atoms with Crippen molar-refractivity contribution in [3.8, 4) is 0 Å². The number of hydrogen-bond donors (Lipinski definition) is 1. The Labute approximate surface area is 249 Å². The van der Waals surface area contributed by atoms with Crippen LogP contribution in [0.5, 0.6) is 0 Å². The molecule has 0 saturated carbocycles. The summed E-state index contributed by atoms with van der Waals surface area (Å²) in [4.78, 5) is 16.6. The Hall–Kier alpha value is -3.12. The number of carbonyl (C=O) groups is 1. The molecule has 0 aromatic heterocycles. The number of anilines is 1. The monoisotopic (exact) mass is 636 g/mol. The predicted molar refractivity (Wildman–Crippen MR) is 158 cm³/mol. The van der Waals surface area contributed by atoms with Crippen molar-refractivity contribution >= 4 is 60.5 Å². The van der Waals surface area contributed by atoms with Crippen molar-refractivity contribution in [3.63, 3.8) is 0 Å². The fourth-order valence-electron chi connectivity index (χ4n) is 4.69. The molecule has 10 nitrogen and oxygen atoms in total. The summed E-state index contributed by atoms with van der Waals surface area (Å²) in [6, 6.07) is 14.0. The number of rotatable bonds is 7. The summed E-state index contributed by atoms with van der Waals surface area (Å²) >= 11 is 11.9. The fraction of sp³-hybridized carbons (Fsp3) is 0.296. The second-order valence-electron chi connectivity index (χ2n) is 10.1. The van der Waals surface area contributed by atoms with E-state index in [9.17, 15) is 21.6 Å². The van der Waals surface area contributed by atoms with Gasteiger partial charge in [-0.15, -0.1) is 0 Å². The number of carbonyl (C=O) groups excluding carboxylic acids is 1. The predicted octanol–water partition coefficient (Wildman–Crippen LogP) is 6.21. The van der Waals surface area contributed by atoms with Crippen LogP contribution in [0.3, 0.4) is 0 Å². The molecule has 1 saturated heterocycles. The molecule has 14 heteroatoms. The van der Waals surface area contributed by atoms with Gasteiger partial charge in [-0.25, -0.2) is 16.8 Å². The van der Waals surface area contributed by atoms with Crippen molar-refractivity contribution < 1.29 is 21.6 Å². The first-order valence-corrected chi connectivity index (χ1v) is 16.3. The second-order valence-corrected chi connectivity index (χ2v) is 14.5. The van der Waals surface area contributed by atoms with Gasteiger partial charge in [0.1, 0.15) is 0 Å². The summed E-state index contributed by atoms with van der Waals surface area (Å²) in [5.74, 6) is -0.350. The molecule has 216 valence electrons. The highest BCUT2D eigenvalue weighted by atomic mass is 35.5. The van der Waals surface area contributed by atoms with Crippen molar-refractivity contribution in [2.75, 3.05) is 17.8 Å². The van der Waals surface area contributed by atoms with E-state index >= 15 is 0 Å². The highest BCUT2D eigenvalue weighted by molar-refractivity contribution is 7.92. The molecular formula is C27H28Cl2N5O5S2+. The molecule has 4 rings (SSSR count). The van der Waals surface area contributed by atoms with Crippen molar-refractivity contribution in [3.05, 3.63) is 81.8 Å². The molecule has 1 N–H and O–H groups in total. The van der Waals surface area contributed by atoms with Crippen LogP contribution in [0.25, 0.3) is 0 Å². The third-order valence-electron chi connectivity index (χ3n) is 6.49. The van der Waals surface area contributed by atoms with Gasteiger partial charge in [0, 0.05) is 23.1 Å². The first-order valence-electron chi connectivity index (χ1n) is 12.6. The van der Waals surface area contributed by atoms with Gasteiger partial charge < -0.3 is 0 Å². The minimum Gasteiger partial charge on any atom is -0.279 e. The third kappa shape index (κ3) is 7.40. The Morgan fingerprint density at radius 3 is 2.20 bits per heavy atom. The van der Waals surface area contributed by atoms with E-state index in [-0.39, 0.29) is 43.6 Å². The lowest BCUT2D eigenvalue weighted by atomic mass is 9.94. The Morgan fingerprint density at radius 2 is 1.56 bits per heavy atom. The smallest absolute Gasteiger partial charge is 0.279 e. The zero-order chi connectivity index (χ0) is 29.9. The Bertz CT molecular complexity index is 1750. The maximum Gasteiger partial charge on any atom is 0.362 e. The van der Waals surface area contributed by atoms with E-state index in [2.05, 4.69) is 19.9 Å². The van der Waals surface area contributed by atoms with Crippen LogP contribution in [0, 0.1) is 18.8 Å². The van der Waals surface area contributed by atoms with Crippen molar-refractivity contribution in [2.24, 2.45) is 22.1 Å². The normalized spacial score (nSPS) is 17.9. The quantitative estimate of drug-likeness (QED) is 0.242. The molecule has 1 aliphatic heterocycles. The lowest BCUT2D eigenvalue weighted by molar-refractivity contribution is 0.0993. The van der Waals surface area contributed by atoms with Gasteiger partial charge in [0.15, 0.2) is 10.8 Å². The molecule has 0 aliphatic carbocycles. The Balaban J connectivity index is 1.55. The molecule has 0 radical (unpaired) electrons. The molecule has 0 bridgehead atoms. The lowest BCUT2D eigenvalue weighted by Gasteiger charge is -2.34. The molecule has 1 amide bonds. The van der Waals surface area contributed by atoms with E-state index in [1.165, 1.54) is 65.0 Å². The van der Waals surface area contributed by atoms with Gasteiger partial charge in [0.25, 0.3) is 10.0 Å². The van der Waals surface area contributed by atoms with Crippen LogP contribution in [-0.4, -0.2) is 40.1 Å². The average Bonchev–Trinajstić information content (AvgIpc) is 2.89. The van der Waals surface area contributed by atoms with Crippen LogP contribution in [0.4, 0.5) is 11.4 Å². The first-order chi connectivity index (χ1) is 19.3. The number of benzene rings is 3. The number of hydrogen-bond acceptors (Lipinski definition) is 6. The van der Waals surface area contributed by atoms with Gasteiger partial charge in [0.05, 0.1) is 21.0 Å². The van der Waals surface area contributed by atoms with Crippen LogP contribution in [0.1, 0.15) is 36.2 Å². The molecular weight excluding hydrogens is 609 g/mol. The average molecular weight is 638 g/mol. The van der Waals surface area contributed by atoms with Gasteiger partial charge in [-0.2, -0.15) is 4.31 Å². The molecule has 1 heterocycles. The largest absolute Gasteiger partial charge is 0.362 e. The molecule has 3 aromatic carbocycles. The number of amides is 1. The molecule has 3 aromatic rings. The summed E-state index contributed by atoms with van der Waals surface area (Å²) in [5.41, 5.74) is 0.567. The number of sulfonamides is 2. The van der Waals surface area contributed by atoms with Gasteiger partial charge in [-0.3, -0.25) is 9.52 Å². The number of nitrogens with one attached hydrogen (secondary N) is 1. The van der Waals surface area contributed by atoms with Crippen LogP contribution in [0.2, 0.25) is 10.0 Å². The van der Waals surface area contributed by atoms with Crippen molar-refractivity contribution in [1.29, 1.82) is 0 Å². The highest BCUT2D eigenvalue weighted by Crippen LogP contribution is 2.30. The van der Waals surface area contributed by atoms with E-state index < -0.39 is 26.0 Å². The van der Waals surface area contributed by atoms with Crippen LogP contribution < -0.4 is 9.63 Å². The first kappa shape index (κ1) is 30.8. The Morgan fingerprint density at radius 1 is 0.927 bits per heavy atom. The van der Waals surface area contributed by atoms with Crippen LogP contribution in [0.15, 0.2) is 80.7 Å². The fourth-order valence-corrected chi connectivity index (χ4v) is 7.96. The number of halogens is 2.